The van der Waals surface area contributed by atoms with Gasteiger partial charge < -0.3 is 10.6 Å². The van der Waals surface area contributed by atoms with Crippen LogP contribution in [-0.2, 0) is 6.42 Å². The zero-order chi connectivity index (χ0) is 12.3. The molecule has 17 heavy (non-hydrogen) atoms. The van der Waals surface area contributed by atoms with Crippen molar-refractivity contribution in [2.75, 3.05) is 18.0 Å². The summed E-state index contributed by atoms with van der Waals surface area (Å²) in [6.07, 6.45) is 5.07. The highest BCUT2D eigenvalue weighted by molar-refractivity contribution is 5.39. The van der Waals surface area contributed by atoms with Crippen LogP contribution in [0, 0.1) is 5.92 Å². The number of nitrogens with zero attached hydrogens (tertiary/aromatic N) is 3. The number of aromatic nitrogens is 2. The van der Waals surface area contributed by atoms with Gasteiger partial charge in [-0.25, -0.2) is 9.97 Å². The average molecular weight is 234 g/mol. The molecule has 1 saturated heterocycles. The highest BCUT2D eigenvalue weighted by atomic mass is 15.2. The summed E-state index contributed by atoms with van der Waals surface area (Å²) < 4.78 is 0. The fourth-order valence-corrected chi connectivity index (χ4v) is 2.40. The van der Waals surface area contributed by atoms with Crippen LogP contribution < -0.4 is 10.6 Å². The van der Waals surface area contributed by atoms with E-state index in [1.165, 1.54) is 12.8 Å². The summed E-state index contributed by atoms with van der Waals surface area (Å²) >= 11 is 0. The van der Waals surface area contributed by atoms with Gasteiger partial charge in [-0.2, -0.15) is 0 Å². The standard InChI is InChI=1S/C13H22N4/c1-3-12-7-13(16-9-15-12)17-6-4-5-11(8-17)10(2)14/h7,9-11H,3-6,8,14H2,1-2H3. The Labute approximate surface area is 103 Å². The van der Waals surface area contributed by atoms with Crippen molar-refractivity contribution < 1.29 is 0 Å². The number of piperidine rings is 1. The van der Waals surface area contributed by atoms with E-state index >= 15 is 0 Å². The molecule has 2 rings (SSSR count). The summed E-state index contributed by atoms with van der Waals surface area (Å²) in [6.45, 7) is 6.33. The molecule has 0 saturated carbocycles. The van der Waals surface area contributed by atoms with Gasteiger partial charge in [-0.05, 0) is 32.1 Å². The normalized spacial score (nSPS) is 22.5. The van der Waals surface area contributed by atoms with Crippen LogP contribution in [0.5, 0.6) is 0 Å². The Kier molecular flexibility index (Phi) is 3.94. The van der Waals surface area contributed by atoms with Crippen molar-refractivity contribution in [3.05, 3.63) is 18.1 Å². The van der Waals surface area contributed by atoms with Crippen molar-refractivity contribution in [2.24, 2.45) is 11.7 Å². The average Bonchev–Trinajstić information content (AvgIpc) is 2.39. The summed E-state index contributed by atoms with van der Waals surface area (Å²) in [4.78, 5) is 11.0. The summed E-state index contributed by atoms with van der Waals surface area (Å²) in [5.41, 5.74) is 7.11. The molecule has 94 valence electrons. The minimum atomic E-state index is 0.269. The first-order valence-corrected chi connectivity index (χ1v) is 6.52. The molecule has 1 aromatic rings. The van der Waals surface area contributed by atoms with Gasteiger partial charge in [-0.1, -0.05) is 6.92 Å². The SMILES string of the molecule is CCc1cc(N2CCCC(C(C)N)C2)ncn1. The van der Waals surface area contributed by atoms with Crippen LogP contribution >= 0.6 is 0 Å². The van der Waals surface area contributed by atoms with Gasteiger partial charge in [0.15, 0.2) is 0 Å². The maximum atomic E-state index is 6.00. The van der Waals surface area contributed by atoms with Crippen molar-refractivity contribution in [1.29, 1.82) is 0 Å². The molecule has 1 aromatic heterocycles. The first-order chi connectivity index (χ1) is 8.20. The Hall–Kier alpha value is -1.16. The minimum absolute atomic E-state index is 0.269. The lowest BCUT2D eigenvalue weighted by Crippen LogP contribution is -2.42. The molecular weight excluding hydrogens is 212 g/mol. The predicted molar refractivity (Wildman–Crippen MR) is 70.0 cm³/mol. The Morgan fingerprint density at radius 2 is 2.35 bits per heavy atom. The van der Waals surface area contributed by atoms with Crippen molar-refractivity contribution in [3.63, 3.8) is 0 Å². The molecule has 0 aliphatic carbocycles. The lowest BCUT2D eigenvalue weighted by molar-refractivity contribution is 0.363. The minimum Gasteiger partial charge on any atom is -0.356 e. The number of rotatable bonds is 3. The molecule has 4 nitrogen and oxygen atoms in total. The molecule has 2 unspecified atom stereocenters. The van der Waals surface area contributed by atoms with E-state index in [1.54, 1.807) is 6.33 Å². The van der Waals surface area contributed by atoms with E-state index in [0.29, 0.717) is 5.92 Å². The molecule has 4 heteroatoms. The fourth-order valence-electron chi connectivity index (χ4n) is 2.40. The molecule has 1 fully saturated rings. The second-order valence-corrected chi connectivity index (χ2v) is 4.93. The Morgan fingerprint density at radius 3 is 3.06 bits per heavy atom. The van der Waals surface area contributed by atoms with E-state index in [1.807, 2.05) is 0 Å². The van der Waals surface area contributed by atoms with Crippen LogP contribution in [0.3, 0.4) is 0 Å². The summed E-state index contributed by atoms with van der Waals surface area (Å²) in [6, 6.07) is 2.37. The van der Waals surface area contributed by atoms with E-state index < -0.39 is 0 Å². The third-order valence-electron chi connectivity index (χ3n) is 3.60. The number of anilines is 1. The molecule has 0 aromatic carbocycles. The molecule has 2 heterocycles. The van der Waals surface area contributed by atoms with Crippen LogP contribution in [0.1, 0.15) is 32.4 Å². The van der Waals surface area contributed by atoms with Gasteiger partial charge in [-0.15, -0.1) is 0 Å². The van der Waals surface area contributed by atoms with E-state index in [9.17, 15) is 0 Å². The maximum absolute atomic E-state index is 6.00. The highest BCUT2D eigenvalue weighted by Crippen LogP contribution is 2.23. The first-order valence-electron chi connectivity index (χ1n) is 6.52. The number of nitrogens with two attached hydrogens (primary N) is 1. The van der Waals surface area contributed by atoms with Crippen molar-refractivity contribution >= 4 is 5.82 Å². The molecule has 2 N–H and O–H groups in total. The lowest BCUT2D eigenvalue weighted by Gasteiger charge is -2.35. The number of hydrogen-bond acceptors (Lipinski definition) is 4. The van der Waals surface area contributed by atoms with Gasteiger partial charge in [-0.3, -0.25) is 0 Å². The van der Waals surface area contributed by atoms with Crippen LogP contribution in [-0.4, -0.2) is 29.1 Å². The zero-order valence-electron chi connectivity index (χ0n) is 10.8. The van der Waals surface area contributed by atoms with E-state index in [-0.39, 0.29) is 6.04 Å². The van der Waals surface area contributed by atoms with Crippen LogP contribution in [0.25, 0.3) is 0 Å². The van der Waals surface area contributed by atoms with Gasteiger partial charge in [0.05, 0.1) is 0 Å². The largest absolute Gasteiger partial charge is 0.356 e. The molecular formula is C13H22N4. The Balaban J connectivity index is 2.10. The molecule has 0 bridgehead atoms. The molecule has 0 radical (unpaired) electrons. The van der Waals surface area contributed by atoms with Gasteiger partial charge in [0.1, 0.15) is 12.1 Å². The van der Waals surface area contributed by atoms with E-state index in [4.69, 9.17) is 5.73 Å². The lowest BCUT2D eigenvalue weighted by atomic mass is 9.92. The van der Waals surface area contributed by atoms with E-state index in [2.05, 4.69) is 34.8 Å². The quantitative estimate of drug-likeness (QED) is 0.863. The topological polar surface area (TPSA) is 55.0 Å². The summed E-state index contributed by atoms with van der Waals surface area (Å²) in [5, 5.41) is 0. The van der Waals surface area contributed by atoms with Gasteiger partial charge in [0, 0.05) is 30.9 Å². The molecule has 1 aliphatic heterocycles. The monoisotopic (exact) mass is 234 g/mol. The molecule has 0 spiro atoms. The molecule has 2 atom stereocenters. The number of hydrogen-bond donors (Lipinski definition) is 1. The second-order valence-electron chi connectivity index (χ2n) is 4.93. The third kappa shape index (κ3) is 2.94. The highest BCUT2D eigenvalue weighted by Gasteiger charge is 2.23. The van der Waals surface area contributed by atoms with Crippen LogP contribution in [0.15, 0.2) is 12.4 Å². The smallest absolute Gasteiger partial charge is 0.132 e. The molecule has 1 aliphatic rings. The van der Waals surface area contributed by atoms with E-state index in [0.717, 1.165) is 31.0 Å². The van der Waals surface area contributed by atoms with Crippen LogP contribution in [0.2, 0.25) is 0 Å². The van der Waals surface area contributed by atoms with Crippen LogP contribution in [0.4, 0.5) is 5.82 Å². The van der Waals surface area contributed by atoms with Gasteiger partial charge in [0.25, 0.3) is 0 Å². The van der Waals surface area contributed by atoms with Crippen molar-refractivity contribution in [3.8, 4) is 0 Å². The fraction of sp³-hybridized carbons (Fsp3) is 0.692. The second kappa shape index (κ2) is 5.45. The Bertz CT molecular complexity index is 364. The maximum Gasteiger partial charge on any atom is 0.132 e. The Morgan fingerprint density at radius 1 is 1.53 bits per heavy atom. The number of aryl methyl sites for hydroxylation is 1. The first kappa shape index (κ1) is 12.3. The van der Waals surface area contributed by atoms with Gasteiger partial charge in [0.2, 0.25) is 0 Å². The molecule has 0 amide bonds. The zero-order valence-corrected chi connectivity index (χ0v) is 10.8. The predicted octanol–water partition coefficient (Wildman–Crippen LogP) is 1.60. The van der Waals surface area contributed by atoms with Crippen molar-refractivity contribution in [1.82, 2.24) is 9.97 Å². The third-order valence-corrected chi connectivity index (χ3v) is 3.60. The summed E-state index contributed by atoms with van der Waals surface area (Å²) in [5.74, 6) is 1.64. The van der Waals surface area contributed by atoms with Gasteiger partial charge >= 0.3 is 0 Å². The van der Waals surface area contributed by atoms with Crippen molar-refractivity contribution in [2.45, 2.75) is 39.2 Å². The summed E-state index contributed by atoms with van der Waals surface area (Å²) in [7, 11) is 0.